The van der Waals surface area contributed by atoms with Crippen LogP contribution < -0.4 is 10.2 Å². The summed E-state index contributed by atoms with van der Waals surface area (Å²) in [5.74, 6) is 0. The van der Waals surface area contributed by atoms with Gasteiger partial charge in [-0.15, -0.1) is 0 Å². The van der Waals surface area contributed by atoms with Gasteiger partial charge < -0.3 is 70.9 Å². The number of hydrogen-bond acceptors (Lipinski definition) is 8. The third-order valence-corrected chi connectivity index (χ3v) is 0. The molecule has 0 aliphatic heterocycles. The van der Waals surface area contributed by atoms with Crippen LogP contribution in [0.1, 0.15) is 0 Å². The second-order valence-corrected chi connectivity index (χ2v) is 1.66. The van der Waals surface area contributed by atoms with Crippen LogP contribution in [0.4, 0.5) is 28.8 Å². The second kappa shape index (κ2) is 49.5. The summed E-state index contributed by atoms with van der Waals surface area (Å²) >= 11 is 0. The Balaban J connectivity index is -0.0000000201. The third kappa shape index (κ3) is 1620. The van der Waals surface area contributed by atoms with Crippen LogP contribution in [0, 0.1) is 0 Å². The Labute approximate surface area is 184 Å². The first-order valence-corrected chi connectivity index (χ1v) is 3.87. The zero-order valence-electron chi connectivity index (χ0n) is 12.2. The minimum absolute atomic E-state index is 0. The first kappa shape index (κ1) is 56.3. The number of hydrogen-bond donors (Lipinski definition) is 10. The summed E-state index contributed by atoms with van der Waals surface area (Å²) in [7, 11) is 0. The van der Waals surface area contributed by atoms with E-state index in [9.17, 15) is 0 Å². The average molecular weight is 505 g/mol. The molecule has 0 fully saturated rings. The van der Waals surface area contributed by atoms with Crippen molar-refractivity contribution in [1.29, 1.82) is 0 Å². The molecule has 0 bridgehead atoms. The van der Waals surface area contributed by atoms with Crippen molar-refractivity contribution in [2.75, 3.05) is 0 Å². The van der Waals surface area contributed by atoms with Crippen LogP contribution in [0.3, 0.4) is 0 Å². The molecule has 10 N–H and O–H groups in total. The maximum absolute atomic E-state index is 8.56. The van der Waals surface area contributed by atoms with Crippen molar-refractivity contribution < 1.29 is 124 Å². The van der Waals surface area contributed by atoms with E-state index in [1.54, 1.807) is 0 Å². The van der Waals surface area contributed by atoms with Gasteiger partial charge in [0.15, 0.2) is 0 Å². The minimum Gasteiger partial charge on any atom is -0.565 e. The molecule has 1 radical (unpaired) electrons. The molecule has 27 heavy (non-hydrogen) atoms. The van der Waals surface area contributed by atoms with Gasteiger partial charge in [0, 0.05) is 34.1 Å². The van der Waals surface area contributed by atoms with Gasteiger partial charge in [0.2, 0.25) is 12.3 Å². The van der Waals surface area contributed by atoms with E-state index >= 15 is 0 Å². The van der Waals surface area contributed by atoms with Crippen molar-refractivity contribution in [3.63, 3.8) is 0 Å². The maximum Gasteiger partial charge on any atom is 2.00 e. The fourth-order valence-electron chi connectivity index (χ4n) is 0. The molecule has 0 rings (SSSR count). The summed E-state index contributed by atoms with van der Waals surface area (Å²) in [6.45, 7) is 0. The SMILES string of the molecule is O=C(O)O.O=C(O)O.O=C(O)O.O=C(O)O.O=C([O-])O.O=C([O-])O.[Fe].[Mg+2].[Mn]. The molecule has 21 heteroatoms. The Morgan fingerprint density at radius 3 is 0.444 bits per heavy atom. The van der Waals surface area contributed by atoms with E-state index in [4.69, 9.17) is 90.0 Å². The standard InChI is InChI=1S/6CH2O3.Fe.Mg.Mn/c6*2-1(3)4;;;/h6*(H2,2,3,4);;;/q;;;;;;;+2;/p-2. The van der Waals surface area contributed by atoms with Crippen LogP contribution in [0.2, 0.25) is 0 Å². The molecule has 0 aromatic rings. The van der Waals surface area contributed by atoms with E-state index < -0.39 is 36.9 Å². The van der Waals surface area contributed by atoms with Gasteiger partial charge in [-0.1, -0.05) is 0 Å². The molecular formula is C6H10FeMgMnO18. The van der Waals surface area contributed by atoms with Gasteiger partial charge in [-0.05, 0) is 0 Å². The molecule has 159 valence electrons. The van der Waals surface area contributed by atoms with Crippen LogP contribution in [0.25, 0.3) is 0 Å². The van der Waals surface area contributed by atoms with Crippen molar-refractivity contribution in [3.05, 3.63) is 0 Å². The van der Waals surface area contributed by atoms with Crippen molar-refractivity contribution >= 4 is 60.0 Å². The fraction of sp³-hybridized carbons (Fsp3) is 0. The van der Waals surface area contributed by atoms with E-state index in [1.807, 2.05) is 0 Å². The quantitative estimate of drug-likeness (QED) is 0.163. The molecular weight excluding hydrogens is 495 g/mol. The topological polar surface area (TPSA) is 351 Å². The van der Waals surface area contributed by atoms with Gasteiger partial charge in [-0.3, -0.25) is 0 Å². The summed E-state index contributed by atoms with van der Waals surface area (Å²) in [6, 6.07) is 0. The number of carbonyl (C=O) groups is 6. The number of rotatable bonds is 0. The Kier molecular flexibility index (Phi) is 103. The second-order valence-electron chi connectivity index (χ2n) is 1.66. The van der Waals surface area contributed by atoms with Crippen molar-refractivity contribution in [2.45, 2.75) is 0 Å². The average Bonchev–Trinajstić information content (AvgIpc) is 2.08. The third-order valence-electron chi connectivity index (χ3n) is 0. The first-order chi connectivity index (χ1) is 10.4. The Morgan fingerprint density at radius 2 is 0.444 bits per heavy atom. The molecule has 0 heterocycles. The van der Waals surface area contributed by atoms with Gasteiger partial charge in [0.1, 0.15) is 0 Å². The molecule has 0 spiro atoms. The molecule has 0 aromatic heterocycles. The van der Waals surface area contributed by atoms with Crippen molar-refractivity contribution in [3.8, 4) is 0 Å². The largest absolute Gasteiger partial charge is 2.00 e. The monoisotopic (exact) mass is 505 g/mol. The van der Waals surface area contributed by atoms with Gasteiger partial charge in [0.05, 0.1) is 0 Å². The Morgan fingerprint density at radius 1 is 0.444 bits per heavy atom. The van der Waals surface area contributed by atoms with Gasteiger partial charge in [0.25, 0.3) is 0 Å². The van der Waals surface area contributed by atoms with Crippen LogP contribution in [-0.4, -0.2) is 111 Å². The van der Waals surface area contributed by atoms with Gasteiger partial charge >= 0.3 is 47.7 Å². The molecule has 0 saturated carbocycles. The summed E-state index contributed by atoms with van der Waals surface area (Å²) in [6.07, 6.45) is -11.5. The van der Waals surface area contributed by atoms with E-state index in [-0.39, 0.29) is 57.2 Å². The molecule has 0 aliphatic rings. The van der Waals surface area contributed by atoms with Crippen LogP contribution in [0.5, 0.6) is 0 Å². The van der Waals surface area contributed by atoms with E-state index in [2.05, 4.69) is 0 Å². The molecule has 18 nitrogen and oxygen atoms in total. The zero-order valence-corrected chi connectivity index (χ0v) is 15.9. The molecule has 0 amide bonds. The van der Waals surface area contributed by atoms with Crippen LogP contribution in [0.15, 0.2) is 0 Å². The first-order valence-electron chi connectivity index (χ1n) is 3.87. The minimum atomic E-state index is -2.08. The predicted octanol–water partition coefficient (Wildman–Crippen LogP) is -1.72. The number of carboxylic acid groups (broad SMARTS) is 12. The van der Waals surface area contributed by atoms with Crippen LogP contribution >= 0.6 is 0 Å². The predicted molar refractivity (Wildman–Crippen MR) is 64.4 cm³/mol. The van der Waals surface area contributed by atoms with Crippen molar-refractivity contribution in [1.82, 2.24) is 0 Å². The Bertz CT molecular complexity index is 269. The van der Waals surface area contributed by atoms with Crippen molar-refractivity contribution in [2.24, 2.45) is 0 Å². The molecule has 0 aliphatic carbocycles. The summed E-state index contributed by atoms with van der Waals surface area (Å²) in [4.78, 5) is 51.1. The molecule has 0 atom stereocenters. The maximum atomic E-state index is 8.56. The van der Waals surface area contributed by atoms with E-state index in [0.29, 0.717) is 0 Å². The van der Waals surface area contributed by atoms with E-state index in [0.717, 1.165) is 0 Å². The smallest absolute Gasteiger partial charge is 0.565 e. The summed E-state index contributed by atoms with van der Waals surface area (Å²) in [5, 5.41) is 86.4. The Hall–Kier alpha value is -2.57. The summed E-state index contributed by atoms with van der Waals surface area (Å²) < 4.78 is 0. The summed E-state index contributed by atoms with van der Waals surface area (Å²) in [5.41, 5.74) is 0. The molecule has 0 unspecified atom stereocenters. The van der Waals surface area contributed by atoms with Gasteiger partial charge in [-0.25, -0.2) is 19.2 Å². The fourth-order valence-corrected chi connectivity index (χ4v) is 0. The van der Waals surface area contributed by atoms with Gasteiger partial charge in [-0.2, -0.15) is 0 Å². The zero-order chi connectivity index (χ0) is 21.5. The normalized spacial score (nSPS) is 5.33. The molecule has 0 saturated heterocycles. The van der Waals surface area contributed by atoms with Crippen LogP contribution in [-0.2, 0) is 34.1 Å². The van der Waals surface area contributed by atoms with E-state index in [1.165, 1.54) is 0 Å². The molecule has 0 aromatic carbocycles.